The minimum absolute atomic E-state index is 0. The Labute approximate surface area is 123 Å². The van der Waals surface area contributed by atoms with Crippen molar-refractivity contribution >= 4 is 34.2 Å². The van der Waals surface area contributed by atoms with Crippen LogP contribution in [0, 0.1) is 0 Å². The summed E-state index contributed by atoms with van der Waals surface area (Å²) in [5, 5.41) is 2.87. The molecular weight excluding hydrogens is 316 g/mol. The Kier molecular flexibility index (Phi) is 7.52. The van der Waals surface area contributed by atoms with Crippen molar-refractivity contribution in [1.29, 1.82) is 0 Å². The SMILES string of the molecule is CCCC(C)(N)C(=O)NCc1ccccc1Br.Cl. The fraction of sp³-hybridized carbons (Fsp3) is 0.462. The van der Waals surface area contributed by atoms with E-state index in [-0.39, 0.29) is 18.3 Å². The molecule has 3 nitrogen and oxygen atoms in total. The van der Waals surface area contributed by atoms with Crippen LogP contribution in [0.4, 0.5) is 0 Å². The minimum atomic E-state index is -0.782. The van der Waals surface area contributed by atoms with E-state index in [1.165, 1.54) is 0 Å². The lowest BCUT2D eigenvalue weighted by atomic mass is 9.96. The summed E-state index contributed by atoms with van der Waals surface area (Å²) in [5.74, 6) is -0.102. The molecule has 0 fully saturated rings. The highest BCUT2D eigenvalue weighted by molar-refractivity contribution is 9.10. The van der Waals surface area contributed by atoms with Gasteiger partial charge in [0.15, 0.2) is 0 Å². The smallest absolute Gasteiger partial charge is 0.240 e. The van der Waals surface area contributed by atoms with E-state index < -0.39 is 5.54 Å². The van der Waals surface area contributed by atoms with Crippen LogP contribution in [0.1, 0.15) is 32.3 Å². The second kappa shape index (κ2) is 7.77. The molecule has 0 aliphatic heterocycles. The highest BCUT2D eigenvalue weighted by Crippen LogP contribution is 2.16. The van der Waals surface area contributed by atoms with Crippen molar-refractivity contribution in [2.45, 2.75) is 38.8 Å². The van der Waals surface area contributed by atoms with Gasteiger partial charge in [0.1, 0.15) is 0 Å². The summed E-state index contributed by atoms with van der Waals surface area (Å²) >= 11 is 3.45. The summed E-state index contributed by atoms with van der Waals surface area (Å²) in [6.45, 7) is 4.29. The number of halogens is 2. The fourth-order valence-corrected chi connectivity index (χ4v) is 2.08. The third-order valence-corrected chi connectivity index (χ3v) is 3.46. The number of carbonyl (C=O) groups excluding carboxylic acids is 1. The Morgan fingerprint density at radius 1 is 1.44 bits per heavy atom. The molecule has 1 atom stereocenters. The van der Waals surface area contributed by atoms with Crippen LogP contribution in [0.3, 0.4) is 0 Å². The van der Waals surface area contributed by atoms with Gasteiger partial charge >= 0.3 is 0 Å². The van der Waals surface area contributed by atoms with E-state index in [2.05, 4.69) is 21.2 Å². The summed E-state index contributed by atoms with van der Waals surface area (Å²) in [5.41, 5.74) is 6.22. The number of benzene rings is 1. The molecule has 0 bridgehead atoms. The molecule has 0 aromatic heterocycles. The average molecular weight is 336 g/mol. The Hall–Kier alpha value is -0.580. The molecule has 5 heteroatoms. The third kappa shape index (κ3) is 4.96. The zero-order valence-electron chi connectivity index (χ0n) is 10.7. The molecule has 0 heterocycles. The largest absolute Gasteiger partial charge is 0.350 e. The minimum Gasteiger partial charge on any atom is -0.350 e. The van der Waals surface area contributed by atoms with Crippen molar-refractivity contribution in [2.75, 3.05) is 0 Å². The van der Waals surface area contributed by atoms with E-state index >= 15 is 0 Å². The van der Waals surface area contributed by atoms with Gasteiger partial charge in [-0.2, -0.15) is 0 Å². The second-order valence-corrected chi connectivity index (χ2v) is 5.30. The van der Waals surface area contributed by atoms with E-state index in [0.29, 0.717) is 13.0 Å². The van der Waals surface area contributed by atoms with Gasteiger partial charge in [-0.05, 0) is 25.0 Å². The van der Waals surface area contributed by atoms with Crippen LogP contribution in [0.25, 0.3) is 0 Å². The first-order valence-electron chi connectivity index (χ1n) is 5.78. The molecule has 0 radical (unpaired) electrons. The van der Waals surface area contributed by atoms with Gasteiger partial charge in [0.2, 0.25) is 5.91 Å². The molecule has 0 aliphatic carbocycles. The van der Waals surface area contributed by atoms with Gasteiger partial charge in [-0.25, -0.2) is 0 Å². The van der Waals surface area contributed by atoms with Crippen molar-refractivity contribution in [3.05, 3.63) is 34.3 Å². The van der Waals surface area contributed by atoms with Gasteiger partial charge in [0.25, 0.3) is 0 Å². The molecule has 0 spiro atoms. The van der Waals surface area contributed by atoms with Crippen molar-refractivity contribution in [1.82, 2.24) is 5.32 Å². The predicted octanol–water partition coefficient (Wildman–Crippen LogP) is 3.00. The van der Waals surface area contributed by atoms with Gasteiger partial charge in [-0.15, -0.1) is 12.4 Å². The Morgan fingerprint density at radius 2 is 2.06 bits per heavy atom. The topological polar surface area (TPSA) is 55.1 Å². The van der Waals surface area contributed by atoms with E-state index in [9.17, 15) is 4.79 Å². The Morgan fingerprint density at radius 3 is 2.61 bits per heavy atom. The van der Waals surface area contributed by atoms with Crippen LogP contribution in [0.15, 0.2) is 28.7 Å². The van der Waals surface area contributed by atoms with E-state index in [0.717, 1.165) is 16.5 Å². The first-order valence-corrected chi connectivity index (χ1v) is 6.57. The summed E-state index contributed by atoms with van der Waals surface area (Å²) in [6.07, 6.45) is 1.59. The highest BCUT2D eigenvalue weighted by atomic mass is 79.9. The first kappa shape index (κ1) is 17.4. The maximum Gasteiger partial charge on any atom is 0.240 e. The molecule has 1 aromatic rings. The standard InChI is InChI=1S/C13H19BrN2O.ClH/c1-3-8-13(2,15)12(17)16-9-10-6-4-5-7-11(10)14;/h4-7H,3,8-9,15H2,1-2H3,(H,16,17);1H. The quantitative estimate of drug-likeness (QED) is 0.869. The van der Waals surface area contributed by atoms with Crippen LogP contribution in [-0.4, -0.2) is 11.4 Å². The normalized spacial score (nSPS) is 13.3. The molecule has 1 unspecified atom stereocenters. The summed E-state index contributed by atoms with van der Waals surface area (Å²) in [6, 6.07) is 7.81. The number of rotatable bonds is 5. The van der Waals surface area contributed by atoms with Crippen molar-refractivity contribution in [2.24, 2.45) is 5.73 Å². The molecule has 1 aromatic carbocycles. The van der Waals surface area contributed by atoms with Crippen LogP contribution in [-0.2, 0) is 11.3 Å². The molecule has 0 saturated heterocycles. The summed E-state index contributed by atoms with van der Waals surface area (Å²) in [4.78, 5) is 11.9. The van der Waals surface area contributed by atoms with E-state index in [4.69, 9.17) is 5.73 Å². The molecule has 18 heavy (non-hydrogen) atoms. The van der Waals surface area contributed by atoms with Crippen molar-refractivity contribution in [3.63, 3.8) is 0 Å². The third-order valence-electron chi connectivity index (χ3n) is 2.69. The van der Waals surface area contributed by atoms with Gasteiger partial charge in [-0.3, -0.25) is 4.79 Å². The van der Waals surface area contributed by atoms with Crippen LogP contribution < -0.4 is 11.1 Å². The monoisotopic (exact) mass is 334 g/mol. The zero-order valence-corrected chi connectivity index (χ0v) is 13.1. The maximum absolute atomic E-state index is 11.9. The second-order valence-electron chi connectivity index (χ2n) is 4.44. The Bertz CT molecular complexity index is 396. The molecule has 0 saturated carbocycles. The Balaban J connectivity index is 0.00000289. The van der Waals surface area contributed by atoms with Crippen molar-refractivity contribution < 1.29 is 4.79 Å². The molecule has 3 N–H and O–H groups in total. The summed E-state index contributed by atoms with van der Waals surface area (Å²) in [7, 11) is 0. The van der Waals surface area contributed by atoms with Crippen LogP contribution >= 0.6 is 28.3 Å². The lowest BCUT2D eigenvalue weighted by Crippen LogP contribution is -2.51. The lowest BCUT2D eigenvalue weighted by molar-refractivity contribution is -0.126. The van der Waals surface area contributed by atoms with Crippen LogP contribution in [0.2, 0.25) is 0 Å². The van der Waals surface area contributed by atoms with Gasteiger partial charge in [-0.1, -0.05) is 47.5 Å². The number of nitrogens with one attached hydrogen (secondary N) is 1. The number of carbonyl (C=O) groups is 1. The predicted molar refractivity (Wildman–Crippen MR) is 80.7 cm³/mol. The number of amides is 1. The average Bonchev–Trinajstić information content (AvgIpc) is 2.27. The molecule has 1 amide bonds. The van der Waals surface area contributed by atoms with E-state index in [1.807, 2.05) is 31.2 Å². The van der Waals surface area contributed by atoms with Crippen molar-refractivity contribution in [3.8, 4) is 0 Å². The number of nitrogens with two attached hydrogens (primary N) is 1. The number of hydrogen-bond acceptors (Lipinski definition) is 2. The molecule has 1 rings (SSSR count). The lowest BCUT2D eigenvalue weighted by Gasteiger charge is -2.23. The number of hydrogen-bond donors (Lipinski definition) is 2. The van der Waals surface area contributed by atoms with Crippen LogP contribution in [0.5, 0.6) is 0 Å². The zero-order chi connectivity index (χ0) is 12.9. The molecule has 0 aliphatic rings. The van der Waals surface area contributed by atoms with Gasteiger partial charge in [0.05, 0.1) is 5.54 Å². The van der Waals surface area contributed by atoms with Gasteiger partial charge < -0.3 is 11.1 Å². The van der Waals surface area contributed by atoms with Gasteiger partial charge in [0, 0.05) is 11.0 Å². The molecular formula is C13H20BrClN2O. The molecule has 102 valence electrons. The first-order chi connectivity index (χ1) is 7.97. The van der Waals surface area contributed by atoms with E-state index in [1.54, 1.807) is 6.92 Å². The maximum atomic E-state index is 11.9. The fourth-order valence-electron chi connectivity index (χ4n) is 1.65. The summed E-state index contributed by atoms with van der Waals surface area (Å²) < 4.78 is 0.995. The highest BCUT2D eigenvalue weighted by Gasteiger charge is 2.26.